The summed E-state index contributed by atoms with van der Waals surface area (Å²) >= 11 is 0. The van der Waals surface area contributed by atoms with Crippen LogP contribution in [0.15, 0.2) is 53.4 Å². The van der Waals surface area contributed by atoms with Gasteiger partial charge in [0.05, 0.1) is 4.90 Å². The van der Waals surface area contributed by atoms with Gasteiger partial charge < -0.3 is 0 Å². The van der Waals surface area contributed by atoms with Crippen LogP contribution in [0.4, 0.5) is 13.2 Å². The van der Waals surface area contributed by atoms with E-state index in [-0.39, 0.29) is 22.7 Å². The molecule has 3 rings (SSSR count). The van der Waals surface area contributed by atoms with Gasteiger partial charge in [-0.15, -0.1) is 6.42 Å². The van der Waals surface area contributed by atoms with Gasteiger partial charge in [0.15, 0.2) is 15.5 Å². The summed E-state index contributed by atoms with van der Waals surface area (Å²) in [4.78, 5) is 0.0674. The van der Waals surface area contributed by atoms with Gasteiger partial charge >= 0.3 is 6.18 Å². The lowest BCUT2D eigenvalue weighted by Gasteiger charge is -2.13. The molecule has 3 aromatic rings. The Bertz CT molecular complexity index is 1200. The van der Waals surface area contributed by atoms with Crippen LogP contribution >= 0.6 is 0 Å². The number of benzene rings is 2. The molecule has 2 aromatic carbocycles. The smallest absolute Gasteiger partial charge is 0.247 e. The predicted molar refractivity (Wildman–Crippen MR) is 105 cm³/mol. The lowest BCUT2D eigenvalue weighted by molar-refractivity contribution is -0.143. The zero-order chi connectivity index (χ0) is 21.4. The molecule has 1 aromatic heterocycles. The largest absolute Gasteiger partial charge is 0.433 e. The molecule has 0 aliphatic heterocycles. The molecule has 0 unspecified atom stereocenters. The van der Waals surface area contributed by atoms with E-state index >= 15 is 0 Å². The third-order valence-electron chi connectivity index (χ3n) is 4.43. The topological polar surface area (TPSA) is 52.0 Å². The number of aromatic nitrogens is 2. The molecule has 0 aliphatic carbocycles. The van der Waals surface area contributed by atoms with E-state index in [0.717, 1.165) is 10.9 Å². The molecule has 4 nitrogen and oxygen atoms in total. The van der Waals surface area contributed by atoms with Gasteiger partial charge in [-0.05, 0) is 30.2 Å². The second-order valence-electron chi connectivity index (χ2n) is 6.54. The highest BCUT2D eigenvalue weighted by Gasteiger charge is 2.40. The second kappa shape index (κ2) is 7.41. The summed E-state index contributed by atoms with van der Waals surface area (Å²) in [5.41, 5.74) is 0.446. The van der Waals surface area contributed by atoms with Crippen LogP contribution in [-0.2, 0) is 22.6 Å². The van der Waals surface area contributed by atoms with Gasteiger partial charge in [-0.25, -0.2) is 13.1 Å². The molecule has 0 bridgehead atoms. The number of aryl methyl sites for hydroxylation is 1. The standard InChI is InChI=1S/C21H17F3N2O2S/c1-4-13-26-20(21(22,23)24)18(17-8-6-5-7-14(17)2)19(25-26)15-9-11-16(12-10-15)29(3,27)28/h1,5-12H,13H2,2-3H3. The molecule has 0 saturated carbocycles. The van der Waals surface area contributed by atoms with E-state index in [9.17, 15) is 21.6 Å². The molecule has 0 amide bonds. The van der Waals surface area contributed by atoms with Crippen molar-refractivity contribution < 1.29 is 21.6 Å². The fraction of sp³-hybridized carbons (Fsp3) is 0.190. The summed E-state index contributed by atoms with van der Waals surface area (Å²) in [7, 11) is -3.44. The van der Waals surface area contributed by atoms with Gasteiger partial charge in [0.1, 0.15) is 12.2 Å². The van der Waals surface area contributed by atoms with Gasteiger partial charge in [0.2, 0.25) is 0 Å². The van der Waals surface area contributed by atoms with Crippen molar-refractivity contribution in [2.45, 2.75) is 24.5 Å². The maximum Gasteiger partial charge on any atom is 0.433 e. The van der Waals surface area contributed by atoms with E-state index in [1.807, 2.05) is 0 Å². The predicted octanol–water partition coefficient (Wildman–Crippen LogP) is 4.58. The summed E-state index contributed by atoms with van der Waals surface area (Å²) in [5, 5.41) is 4.15. The van der Waals surface area contributed by atoms with Crippen LogP contribution in [0.1, 0.15) is 11.3 Å². The number of sulfone groups is 1. The molecule has 0 radical (unpaired) electrons. The van der Waals surface area contributed by atoms with Crippen LogP contribution in [0.2, 0.25) is 0 Å². The molecule has 0 N–H and O–H groups in total. The maximum atomic E-state index is 14.0. The Morgan fingerprint density at radius 2 is 1.72 bits per heavy atom. The zero-order valence-electron chi connectivity index (χ0n) is 15.7. The Kier molecular flexibility index (Phi) is 5.28. The summed E-state index contributed by atoms with van der Waals surface area (Å²) in [6.45, 7) is 1.36. The maximum absolute atomic E-state index is 14.0. The van der Waals surface area contributed by atoms with Crippen molar-refractivity contribution in [3.63, 3.8) is 0 Å². The molecule has 0 spiro atoms. The van der Waals surface area contributed by atoms with Crippen molar-refractivity contribution in [2.24, 2.45) is 0 Å². The number of halogens is 3. The minimum atomic E-state index is -4.69. The summed E-state index contributed by atoms with van der Waals surface area (Å²) in [6.07, 6.45) is 1.63. The molecule has 0 atom stereocenters. The summed E-state index contributed by atoms with van der Waals surface area (Å²) in [5.74, 6) is 2.20. The normalized spacial score (nSPS) is 12.0. The first-order valence-corrected chi connectivity index (χ1v) is 10.4. The number of nitrogens with zero attached hydrogens (tertiary/aromatic N) is 2. The molecule has 29 heavy (non-hydrogen) atoms. The highest BCUT2D eigenvalue weighted by molar-refractivity contribution is 7.90. The Morgan fingerprint density at radius 3 is 2.24 bits per heavy atom. The van der Waals surface area contributed by atoms with Gasteiger partial charge in [-0.1, -0.05) is 42.3 Å². The lowest BCUT2D eigenvalue weighted by Crippen LogP contribution is -2.15. The average Bonchev–Trinajstić information content (AvgIpc) is 3.01. The van der Waals surface area contributed by atoms with Crippen LogP contribution in [-0.4, -0.2) is 24.5 Å². The van der Waals surface area contributed by atoms with Gasteiger partial charge in [0.25, 0.3) is 0 Å². The minimum absolute atomic E-state index is 0.0674. The van der Waals surface area contributed by atoms with E-state index in [0.29, 0.717) is 16.7 Å². The quantitative estimate of drug-likeness (QED) is 0.583. The highest BCUT2D eigenvalue weighted by Crippen LogP contribution is 2.43. The van der Waals surface area contributed by atoms with Crippen LogP contribution in [0.25, 0.3) is 22.4 Å². The van der Waals surface area contributed by atoms with Gasteiger partial charge in [0, 0.05) is 17.4 Å². The van der Waals surface area contributed by atoms with E-state index in [1.165, 1.54) is 24.3 Å². The Balaban J connectivity index is 2.35. The fourth-order valence-corrected chi connectivity index (χ4v) is 3.75. The van der Waals surface area contributed by atoms with E-state index < -0.39 is 21.7 Å². The molecule has 8 heteroatoms. The lowest BCUT2D eigenvalue weighted by atomic mass is 9.95. The Labute approximate surface area is 166 Å². The number of terminal acetylenes is 1. The Hall–Kier alpha value is -3.05. The fourth-order valence-electron chi connectivity index (χ4n) is 3.12. The number of hydrogen-bond donors (Lipinski definition) is 0. The third kappa shape index (κ3) is 4.05. The molecule has 150 valence electrons. The SMILES string of the molecule is C#CCn1nc(-c2ccc(S(C)(=O)=O)cc2)c(-c2ccccc2C)c1C(F)(F)F. The third-order valence-corrected chi connectivity index (χ3v) is 5.56. The molecule has 0 saturated heterocycles. The van der Waals surface area contributed by atoms with Crippen LogP contribution in [0.5, 0.6) is 0 Å². The number of alkyl halides is 3. The molecule has 1 heterocycles. The van der Waals surface area contributed by atoms with E-state index in [1.54, 1.807) is 31.2 Å². The first-order valence-electron chi connectivity index (χ1n) is 8.52. The minimum Gasteiger partial charge on any atom is -0.247 e. The first kappa shape index (κ1) is 20.7. The van der Waals surface area contributed by atoms with Crippen molar-refractivity contribution in [3.05, 3.63) is 59.8 Å². The second-order valence-corrected chi connectivity index (χ2v) is 8.56. The van der Waals surface area contributed by atoms with Crippen LogP contribution in [0.3, 0.4) is 0 Å². The van der Waals surface area contributed by atoms with Crippen molar-refractivity contribution in [1.82, 2.24) is 9.78 Å². The first-order chi connectivity index (χ1) is 13.5. The molecular weight excluding hydrogens is 401 g/mol. The summed E-state index contributed by atoms with van der Waals surface area (Å²) < 4.78 is 66.1. The van der Waals surface area contributed by atoms with Crippen molar-refractivity contribution in [1.29, 1.82) is 0 Å². The van der Waals surface area contributed by atoms with Crippen molar-refractivity contribution in [2.75, 3.05) is 6.26 Å². The molecule has 0 fully saturated rings. The van der Waals surface area contributed by atoms with Crippen molar-refractivity contribution >= 4 is 9.84 Å². The van der Waals surface area contributed by atoms with Gasteiger partial charge in [-0.2, -0.15) is 18.3 Å². The van der Waals surface area contributed by atoms with Crippen molar-refractivity contribution in [3.8, 4) is 34.7 Å². The summed E-state index contributed by atoms with van der Waals surface area (Å²) in [6, 6.07) is 12.3. The average molecular weight is 418 g/mol. The monoisotopic (exact) mass is 418 g/mol. The zero-order valence-corrected chi connectivity index (χ0v) is 16.5. The van der Waals surface area contributed by atoms with E-state index in [2.05, 4.69) is 11.0 Å². The number of rotatable bonds is 4. The highest BCUT2D eigenvalue weighted by atomic mass is 32.2. The van der Waals surface area contributed by atoms with Gasteiger partial charge in [-0.3, -0.25) is 0 Å². The van der Waals surface area contributed by atoms with Crippen LogP contribution < -0.4 is 0 Å². The Morgan fingerprint density at radius 1 is 1.10 bits per heavy atom. The molecular formula is C21H17F3N2O2S. The van der Waals surface area contributed by atoms with Crippen LogP contribution in [0, 0.1) is 19.3 Å². The molecule has 0 aliphatic rings. The number of hydrogen-bond acceptors (Lipinski definition) is 3. The van der Waals surface area contributed by atoms with E-state index in [4.69, 9.17) is 6.42 Å².